The van der Waals surface area contributed by atoms with Crippen LogP contribution >= 0.6 is 0 Å². The molecule has 2 atom stereocenters. The standard InChI is InChI=1S/C31H34N6O2.C30H33N5O3.C6H11NO2.C2HF3O.C2H6/c1-35(2)17-6-9-26(38)36-18-16-23(19-36)37-29(22-10-11-22)27(28-30(32)33-20-34-31(28)37)21-12-14-25(15-13-21)39-24-7-4-3-5-8-24;1-30(2,3)38-29(36)34-16-15-21(17-34)35-26(20-9-10-20)24(25-27(31)32-18-33-28(25)35)19-11-13-23(14-12-19)37-22-7-5-4-6-8-22;1-7(2)5-3-4-6(8)9;3-2(4,5)1-6;1-2/h3-9,12-15,20,22-23H,10-11,16-19H2,1-2H3,(H2,32,33,34);4-8,11-14,18,20-21H,9-10,15-17H2,1-3H3,(H2,31,32,33);3-4H,5H2,1-2H3,(H,8,9);1H;1-2H3/b9-6+;;4-3+;;/t23-;21-;;;/m11.../s1/i;;;;1D. The van der Waals surface area contributed by atoms with Gasteiger partial charge in [0.2, 0.25) is 12.2 Å². The Kier molecular flexibility index (Phi) is 23.3. The Morgan fingerprint density at radius 1 is 0.617 bits per heavy atom. The zero-order chi connectivity index (χ0) is 68.6. The highest BCUT2D eigenvalue weighted by atomic mass is 19.4. The molecule has 4 aromatic heterocycles. The van der Waals surface area contributed by atoms with Crippen LogP contribution in [-0.2, 0) is 19.1 Å². The second kappa shape index (κ2) is 31.8. The lowest BCUT2D eigenvalue weighted by molar-refractivity contribution is -0.156. The molecule has 6 heterocycles. The Morgan fingerprint density at radius 2 is 1.00 bits per heavy atom. The van der Waals surface area contributed by atoms with Crippen LogP contribution in [0.25, 0.3) is 44.3 Å². The third kappa shape index (κ3) is 18.8. The van der Waals surface area contributed by atoms with Crippen molar-refractivity contribution in [3.8, 4) is 45.3 Å². The average Bonchev–Trinajstić information content (AvgIpc) is 1.58. The summed E-state index contributed by atoms with van der Waals surface area (Å²) in [5, 5.41) is 9.89. The Balaban J connectivity index is 0.000000194. The molecule has 23 heteroatoms. The number of aromatic nitrogens is 6. The predicted octanol–water partition coefficient (Wildman–Crippen LogP) is 13.7. The Hall–Kier alpha value is -9.61. The van der Waals surface area contributed by atoms with Gasteiger partial charge in [-0.2, -0.15) is 13.2 Å². The molecule has 2 aliphatic carbocycles. The van der Waals surface area contributed by atoms with E-state index in [0.717, 1.165) is 125 Å². The highest BCUT2D eigenvalue weighted by molar-refractivity contribution is 6.04. The van der Waals surface area contributed by atoms with E-state index in [-0.39, 0.29) is 24.1 Å². The number of nitrogens with zero attached hydrogens (tertiary/aromatic N) is 10. The first kappa shape index (κ1) is 68.7. The fraction of sp³-hybridized carbons (Fsp3) is 0.380. The number of likely N-dealkylation sites (N-methyl/N-ethyl adjacent to an activating group) is 2. The first-order chi connectivity index (χ1) is 45.4. The van der Waals surface area contributed by atoms with Crippen LogP contribution in [0.3, 0.4) is 0 Å². The molecule has 12 rings (SSSR count). The number of aliphatic carboxylic acids is 1. The number of carbonyl (C=O) groups is 4. The summed E-state index contributed by atoms with van der Waals surface area (Å²) < 4.78 is 59.9. The lowest BCUT2D eigenvalue weighted by Gasteiger charge is -2.25. The second-order valence-corrected chi connectivity index (χ2v) is 24.5. The molecule has 2 saturated carbocycles. The average molecular weight is 1290 g/mol. The quantitative estimate of drug-likeness (QED) is 0.0601. The number of amides is 2. The zero-order valence-electron chi connectivity index (χ0n) is 55.5. The summed E-state index contributed by atoms with van der Waals surface area (Å²) in [5.41, 5.74) is 21.0. The molecule has 0 spiro atoms. The maximum Gasteiger partial charge on any atom is 0.446 e. The number of rotatable bonds is 16. The van der Waals surface area contributed by atoms with Crippen LogP contribution in [0.4, 0.5) is 29.6 Å². The molecule has 20 nitrogen and oxygen atoms in total. The fourth-order valence-electron chi connectivity index (χ4n) is 11.2. The second-order valence-electron chi connectivity index (χ2n) is 24.5. The molecule has 4 aromatic carbocycles. The minimum atomic E-state index is -4.64. The SMILES string of the molecule is CC(C)(C)OC(=O)N1CC[C@@H](n2c(C3CC3)c(-c3ccc(Oc4ccccc4)cc3)c3c(N)ncnc32)C1.CN(C)C/C=C/C(=O)N1CC[C@@H](n2c(C3CC3)c(-c3ccc(Oc4ccccc4)cc3)c3c(N)ncnc32)C1.CN(C)C/C=C/C(=O)O.O=CC(F)(F)F.[2H]CC. The van der Waals surface area contributed by atoms with E-state index < -0.39 is 24.0 Å². The molecule has 8 aromatic rings. The first-order valence-electron chi connectivity index (χ1n) is 32.0. The number of fused-ring (bicyclic) bond motifs is 2. The number of nitrogens with two attached hydrogens (primary N) is 2. The van der Waals surface area contributed by atoms with Gasteiger partial charge in [-0.05, 0) is 159 Å². The van der Waals surface area contributed by atoms with Crippen LogP contribution in [0.15, 0.2) is 146 Å². The van der Waals surface area contributed by atoms with Gasteiger partial charge in [0, 0.05) is 75.3 Å². The smallest absolute Gasteiger partial charge is 0.446 e. The van der Waals surface area contributed by atoms with Gasteiger partial charge in [-0.25, -0.2) is 29.5 Å². The van der Waals surface area contributed by atoms with Crippen LogP contribution < -0.4 is 20.9 Å². The summed E-state index contributed by atoms with van der Waals surface area (Å²) in [7, 11) is 7.75. The number of halogens is 3. The fourth-order valence-corrected chi connectivity index (χ4v) is 11.2. The van der Waals surface area contributed by atoms with Crippen LogP contribution in [0.5, 0.6) is 23.0 Å². The molecule has 4 fully saturated rings. The van der Waals surface area contributed by atoms with E-state index in [1.807, 2.05) is 155 Å². The molecule has 5 N–H and O–H groups in total. The van der Waals surface area contributed by atoms with Gasteiger partial charge in [0.05, 0.1) is 22.9 Å². The van der Waals surface area contributed by atoms with Gasteiger partial charge in [0.1, 0.15) is 64.2 Å². The van der Waals surface area contributed by atoms with E-state index in [4.69, 9.17) is 46.9 Å². The number of likely N-dealkylation sites (tertiary alicyclic amines) is 2. The van der Waals surface area contributed by atoms with Gasteiger partial charge in [0.25, 0.3) is 0 Å². The number of carbonyl (C=O) groups excluding carboxylic acids is 3. The lowest BCUT2D eigenvalue weighted by Crippen LogP contribution is -2.35. The molecule has 2 aliphatic heterocycles. The number of hydrogen-bond acceptors (Lipinski definition) is 15. The van der Waals surface area contributed by atoms with Crippen molar-refractivity contribution in [2.45, 2.75) is 109 Å². The van der Waals surface area contributed by atoms with Gasteiger partial charge in [-0.3, -0.25) is 9.59 Å². The summed E-state index contributed by atoms with van der Waals surface area (Å²) in [4.78, 5) is 70.1. The number of carboxylic acid groups (broad SMARTS) is 1. The van der Waals surface area contributed by atoms with E-state index in [9.17, 15) is 27.6 Å². The normalized spacial score (nSPS) is 16.4. The van der Waals surface area contributed by atoms with Crippen LogP contribution in [0.2, 0.25) is 0 Å². The van der Waals surface area contributed by atoms with E-state index in [2.05, 4.69) is 43.4 Å². The van der Waals surface area contributed by atoms with E-state index in [1.54, 1.807) is 30.3 Å². The summed E-state index contributed by atoms with van der Waals surface area (Å²) >= 11 is 0. The summed E-state index contributed by atoms with van der Waals surface area (Å²) in [6, 6.07) is 36.1. The molecule has 0 unspecified atom stereocenters. The molecular weight excluding hydrogens is 1210 g/mol. The molecular formula is C71H85F3N12O8. The predicted molar refractivity (Wildman–Crippen MR) is 360 cm³/mol. The van der Waals surface area contributed by atoms with Crippen molar-refractivity contribution in [1.82, 2.24) is 48.7 Å². The third-order valence-electron chi connectivity index (χ3n) is 15.5. The Bertz CT molecular complexity index is 3930. The van der Waals surface area contributed by atoms with Gasteiger partial charge >= 0.3 is 18.2 Å². The van der Waals surface area contributed by atoms with E-state index >= 15 is 0 Å². The van der Waals surface area contributed by atoms with Gasteiger partial charge in [-0.15, -0.1) is 0 Å². The highest BCUT2D eigenvalue weighted by Gasteiger charge is 2.41. The summed E-state index contributed by atoms with van der Waals surface area (Å²) in [5.74, 6) is 4.13. The van der Waals surface area contributed by atoms with Crippen molar-refractivity contribution in [3.05, 3.63) is 158 Å². The van der Waals surface area contributed by atoms with Gasteiger partial charge in [0.15, 0.2) is 0 Å². The molecule has 0 radical (unpaired) electrons. The number of alkyl halides is 3. The summed E-state index contributed by atoms with van der Waals surface area (Å²) in [6.07, 6.45) is 9.68. The molecule has 4 aliphatic rings. The van der Waals surface area contributed by atoms with Gasteiger partial charge < -0.3 is 59.5 Å². The van der Waals surface area contributed by atoms with Crippen molar-refractivity contribution in [2.75, 3.05) is 78.9 Å². The van der Waals surface area contributed by atoms with Crippen LogP contribution in [0, 0.1) is 0 Å². The zero-order valence-corrected chi connectivity index (χ0v) is 54.5. The molecule has 94 heavy (non-hydrogen) atoms. The lowest BCUT2D eigenvalue weighted by atomic mass is 10.0. The summed E-state index contributed by atoms with van der Waals surface area (Å²) in [6.45, 7) is 12.0. The number of hydrogen-bond donors (Lipinski definition) is 3. The van der Waals surface area contributed by atoms with Crippen LogP contribution in [-0.4, -0.2) is 157 Å². The van der Waals surface area contributed by atoms with E-state index in [1.165, 1.54) is 17.7 Å². The number of benzene rings is 4. The largest absolute Gasteiger partial charge is 0.478 e. The monoisotopic (exact) mass is 1290 g/mol. The maximum atomic E-state index is 12.9. The molecule has 0 bridgehead atoms. The minimum Gasteiger partial charge on any atom is -0.478 e. The van der Waals surface area contributed by atoms with Crippen molar-refractivity contribution in [1.29, 1.82) is 0 Å². The number of carboxylic acids is 1. The molecule has 498 valence electrons. The minimum absolute atomic E-state index is 0.0622. The van der Waals surface area contributed by atoms with Crippen molar-refractivity contribution < 1.29 is 53.0 Å². The Labute approximate surface area is 548 Å². The number of para-hydroxylation sites is 2. The van der Waals surface area contributed by atoms with Crippen molar-refractivity contribution >= 4 is 58.0 Å². The number of aldehydes is 1. The topological polar surface area (TPSA) is 243 Å². The maximum absolute atomic E-state index is 12.9. The van der Waals surface area contributed by atoms with E-state index in [0.29, 0.717) is 56.6 Å². The number of ether oxygens (including phenoxy) is 3. The number of anilines is 2. The number of nitrogen functional groups attached to an aromatic ring is 2. The first-order valence-corrected chi connectivity index (χ1v) is 31.3. The molecule has 2 saturated heterocycles. The van der Waals surface area contributed by atoms with Crippen LogP contribution in [0.1, 0.15) is 110 Å². The Morgan fingerprint density at radius 3 is 1.37 bits per heavy atom. The van der Waals surface area contributed by atoms with Crippen molar-refractivity contribution in [2.24, 2.45) is 0 Å². The van der Waals surface area contributed by atoms with Crippen molar-refractivity contribution in [3.63, 3.8) is 0 Å². The molecule has 2 amide bonds. The third-order valence-corrected chi connectivity index (χ3v) is 15.5. The highest BCUT2D eigenvalue weighted by Crippen LogP contribution is 2.53. The van der Waals surface area contributed by atoms with Gasteiger partial charge in [-0.1, -0.05) is 86.6 Å².